The van der Waals surface area contributed by atoms with Gasteiger partial charge in [-0.15, -0.1) is 0 Å². The smallest absolute Gasteiger partial charge is 0.396 e. The predicted octanol–water partition coefficient (Wildman–Crippen LogP) is 1.32. The molecule has 4 N–H and O–H groups in total. The number of aliphatic hydroxyl groups excluding tert-OH is 1. The number of rotatable bonds is 19. The topological polar surface area (TPSA) is 197 Å². The first-order valence-corrected chi connectivity index (χ1v) is 15.4. The van der Waals surface area contributed by atoms with E-state index in [-0.39, 0.29) is 76.9 Å². The molecule has 14 nitrogen and oxygen atoms in total. The van der Waals surface area contributed by atoms with E-state index < -0.39 is 29.6 Å². The molecule has 6 atom stereocenters. The molecule has 1 aliphatic rings. The molecule has 1 rings (SSSR count). The Kier molecular flexibility index (Phi) is 14.8. The van der Waals surface area contributed by atoms with Crippen LogP contribution in [-0.2, 0) is 45.6 Å². The first-order valence-electron chi connectivity index (χ1n) is 10.9. The Morgan fingerprint density at radius 1 is 0.824 bits per heavy atom. The van der Waals surface area contributed by atoms with Gasteiger partial charge >= 0.3 is 23.5 Å². The van der Waals surface area contributed by atoms with Gasteiger partial charge in [0, 0.05) is 12.6 Å². The Morgan fingerprint density at radius 3 is 1.65 bits per heavy atom. The van der Waals surface area contributed by atoms with Crippen molar-refractivity contribution in [3.8, 4) is 0 Å². The average molecular weight is 556 g/mol. The third-order valence-corrected chi connectivity index (χ3v) is 7.48. The van der Waals surface area contributed by atoms with Gasteiger partial charge in [0.1, 0.15) is 7.85 Å². The normalized spacial score (nSPS) is 26.3. The van der Waals surface area contributed by atoms with E-state index in [1.54, 1.807) is 0 Å². The first-order chi connectivity index (χ1) is 15.8. The van der Waals surface area contributed by atoms with Crippen LogP contribution < -0.4 is 0 Å². The number of ether oxygens (including phenoxy) is 1. The highest BCUT2D eigenvalue weighted by Gasteiger charge is 2.40. The minimum absolute atomic E-state index is 0.00314. The molecule has 18 heteroatoms. The lowest BCUT2D eigenvalue weighted by Crippen LogP contribution is -2.28. The molecule has 1 aliphatic heterocycles. The van der Waals surface area contributed by atoms with E-state index in [0.29, 0.717) is 6.42 Å². The molecule has 0 bridgehead atoms. The van der Waals surface area contributed by atoms with Crippen LogP contribution in [0.15, 0.2) is 0 Å². The van der Waals surface area contributed by atoms with Crippen LogP contribution in [-0.4, -0.2) is 85.5 Å². The van der Waals surface area contributed by atoms with Crippen molar-refractivity contribution in [1.82, 2.24) is 0 Å². The molecular weight excluding hydrogens is 520 g/mol. The van der Waals surface area contributed by atoms with Crippen molar-refractivity contribution in [2.45, 2.75) is 57.7 Å². The molecule has 6 unspecified atom stereocenters. The predicted molar refractivity (Wildman–Crippen MR) is 122 cm³/mol. The van der Waals surface area contributed by atoms with E-state index in [1.807, 2.05) is 21.7 Å². The van der Waals surface area contributed by atoms with Gasteiger partial charge in [-0.1, -0.05) is 13.8 Å². The largest absolute Gasteiger partial charge is 0.472 e. The minimum Gasteiger partial charge on any atom is -0.396 e. The molecule has 202 valence electrons. The molecule has 34 heavy (non-hydrogen) atoms. The van der Waals surface area contributed by atoms with Crippen molar-refractivity contribution >= 4 is 31.3 Å². The lowest BCUT2D eigenvalue weighted by Gasteiger charge is -2.24. The van der Waals surface area contributed by atoms with Crippen molar-refractivity contribution in [1.29, 1.82) is 0 Å². The second kappa shape index (κ2) is 15.5. The van der Waals surface area contributed by atoms with Crippen LogP contribution in [0.1, 0.15) is 39.5 Å². The van der Waals surface area contributed by atoms with Crippen LogP contribution in [0.2, 0.25) is 0 Å². The Balaban J connectivity index is 2.19. The number of hydrogen-bond donors (Lipinski definition) is 4. The number of phosphoric ester groups is 3. The Morgan fingerprint density at radius 2 is 1.24 bits per heavy atom. The van der Waals surface area contributed by atoms with Gasteiger partial charge in [-0.3, -0.25) is 27.1 Å². The molecule has 0 radical (unpaired) electrons. The molecule has 0 saturated carbocycles. The summed E-state index contributed by atoms with van der Waals surface area (Å²) in [5.74, 6) is 0.0898. The second-order valence-electron chi connectivity index (χ2n) is 7.89. The summed E-state index contributed by atoms with van der Waals surface area (Å²) in [6.07, 6.45) is -0.269. The maximum atomic E-state index is 12.2. The Bertz CT molecular complexity index is 725. The van der Waals surface area contributed by atoms with Gasteiger partial charge in [0.05, 0.1) is 45.2 Å². The lowest BCUT2D eigenvalue weighted by molar-refractivity contribution is -0.00181. The summed E-state index contributed by atoms with van der Waals surface area (Å²) in [7, 11) is -11.2. The van der Waals surface area contributed by atoms with Gasteiger partial charge in [0.25, 0.3) is 0 Å². The SMILES string of the molecule is BC1CC(OP(=O)(O)OCCCOP(=O)(O)OCCCOP(=O)(O)OCCCO)C(C(C)C)O1. The maximum Gasteiger partial charge on any atom is 0.472 e. The van der Waals surface area contributed by atoms with Crippen molar-refractivity contribution < 1.29 is 65.4 Å². The van der Waals surface area contributed by atoms with Crippen LogP contribution in [0, 0.1) is 5.92 Å². The second-order valence-corrected chi connectivity index (χ2v) is 12.2. The summed E-state index contributed by atoms with van der Waals surface area (Å²) in [5.41, 5.74) is 0. The lowest BCUT2D eigenvalue weighted by atomic mass is 9.94. The van der Waals surface area contributed by atoms with Crippen LogP contribution in [0.4, 0.5) is 0 Å². The minimum atomic E-state index is -4.41. The van der Waals surface area contributed by atoms with Gasteiger partial charge in [0.15, 0.2) is 0 Å². The van der Waals surface area contributed by atoms with Crippen molar-refractivity contribution in [3.63, 3.8) is 0 Å². The standard InChI is InChI=1S/C16H36BO14P3/c1-13(2)16-14(12-15(17)30-16)31-34(23,24)29-11-5-10-28-33(21,22)27-9-4-8-26-32(19,20)25-7-3-6-18/h13-16,18H,3-12,17H2,1-2H3,(H,19,20)(H,21,22)(H,23,24). The van der Waals surface area contributed by atoms with Crippen molar-refractivity contribution in [2.24, 2.45) is 5.92 Å². The third-order valence-electron chi connectivity index (χ3n) is 4.40. The van der Waals surface area contributed by atoms with Gasteiger partial charge in [-0.2, -0.15) is 0 Å². The van der Waals surface area contributed by atoms with E-state index in [4.69, 9.17) is 27.9 Å². The molecule has 1 fully saturated rings. The fourth-order valence-electron chi connectivity index (χ4n) is 2.92. The number of phosphoric acid groups is 3. The van der Waals surface area contributed by atoms with Gasteiger partial charge < -0.3 is 24.5 Å². The highest BCUT2D eigenvalue weighted by molar-refractivity contribution is 7.47. The quantitative estimate of drug-likeness (QED) is 0.101. The monoisotopic (exact) mass is 556 g/mol. The molecule has 1 heterocycles. The zero-order valence-electron chi connectivity index (χ0n) is 19.6. The first kappa shape index (κ1) is 32.3. The van der Waals surface area contributed by atoms with E-state index in [1.165, 1.54) is 0 Å². The van der Waals surface area contributed by atoms with E-state index in [9.17, 15) is 28.4 Å². The molecule has 0 aromatic rings. The summed E-state index contributed by atoms with van der Waals surface area (Å²) >= 11 is 0. The molecule has 0 aromatic heterocycles. The van der Waals surface area contributed by atoms with Crippen molar-refractivity contribution in [3.05, 3.63) is 0 Å². The molecule has 0 amide bonds. The van der Waals surface area contributed by atoms with Gasteiger partial charge in [-0.05, 0) is 31.6 Å². The van der Waals surface area contributed by atoms with Crippen LogP contribution in [0.25, 0.3) is 0 Å². The van der Waals surface area contributed by atoms with E-state index >= 15 is 0 Å². The summed E-state index contributed by atoms with van der Waals surface area (Å²) in [6.45, 7) is 2.33. The van der Waals surface area contributed by atoms with Crippen LogP contribution in [0.5, 0.6) is 0 Å². The number of aliphatic hydroxyl groups is 1. The Labute approximate surface area is 200 Å². The highest BCUT2D eigenvalue weighted by Crippen LogP contribution is 2.48. The molecule has 0 spiro atoms. The van der Waals surface area contributed by atoms with Gasteiger partial charge in [0.2, 0.25) is 0 Å². The third kappa shape index (κ3) is 14.2. The summed E-state index contributed by atoms with van der Waals surface area (Å²) in [5, 5.41) is 8.59. The number of hydrogen-bond acceptors (Lipinski definition) is 11. The molecule has 0 aromatic carbocycles. The van der Waals surface area contributed by atoms with Gasteiger partial charge in [-0.25, -0.2) is 13.7 Å². The van der Waals surface area contributed by atoms with E-state index in [0.717, 1.165) is 0 Å². The maximum absolute atomic E-state index is 12.2. The van der Waals surface area contributed by atoms with Crippen LogP contribution in [0.3, 0.4) is 0 Å². The molecule has 0 aliphatic carbocycles. The van der Waals surface area contributed by atoms with Crippen molar-refractivity contribution in [2.75, 3.05) is 39.6 Å². The van der Waals surface area contributed by atoms with E-state index in [2.05, 4.69) is 9.05 Å². The zero-order valence-corrected chi connectivity index (χ0v) is 22.3. The molecular formula is C16H36BO14P3. The molecule has 1 saturated heterocycles. The average Bonchev–Trinajstić information content (AvgIpc) is 3.06. The Hall–Kier alpha value is 0.315. The highest BCUT2D eigenvalue weighted by atomic mass is 31.2. The zero-order chi connectivity index (χ0) is 25.8. The summed E-state index contributed by atoms with van der Waals surface area (Å²) in [4.78, 5) is 28.9. The fraction of sp³-hybridized carbons (Fsp3) is 1.00. The van der Waals surface area contributed by atoms with Crippen LogP contribution >= 0.6 is 23.5 Å². The fourth-order valence-corrected chi connectivity index (χ4v) is 5.48. The summed E-state index contributed by atoms with van der Waals surface area (Å²) in [6, 6.07) is -0.102. The summed E-state index contributed by atoms with van der Waals surface area (Å²) < 4.78 is 69.9.